The topological polar surface area (TPSA) is 60.4 Å². The largest absolute Gasteiger partial charge is 0.465 e. The molecule has 0 radical (unpaired) electrons. The van der Waals surface area contributed by atoms with Gasteiger partial charge in [-0.05, 0) is 20.3 Å². The van der Waals surface area contributed by atoms with E-state index in [2.05, 4.69) is 6.92 Å². The van der Waals surface area contributed by atoms with Gasteiger partial charge < -0.3 is 4.74 Å². The maximum absolute atomic E-state index is 11.8. The van der Waals surface area contributed by atoms with Gasteiger partial charge in [0, 0.05) is 6.42 Å². The first-order valence-corrected chi connectivity index (χ1v) is 6.74. The second-order valence-corrected chi connectivity index (χ2v) is 4.43. The molecule has 0 aliphatic rings. The Kier molecular flexibility index (Phi) is 9.15. The Bertz CT molecular complexity index is 284. The zero-order chi connectivity index (χ0) is 14.0. The summed E-state index contributed by atoms with van der Waals surface area (Å²) in [4.78, 5) is 34.6. The summed E-state index contributed by atoms with van der Waals surface area (Å²) < 4.78 is 4.75. The number of Topliss-reactive ketones (excluding diaryl/α,β-unsaturated/α-hetero) is 2. The summed E-state index contributed by atoms with van der Waals surface area (Å²) in [5.74, 6) is -2.65. The fraction of sp³-hybridized carbons (Fsp3) is 0.786. The predicted octanol–water partition coefficient (Wildman–Crippen LogP) is 2.68. The molecule has 4 heteroatoms. The van der Waals surface area contributed by atoms with Crippen molar-refractivity contribution in [3.05, 3.63) is 0 Å². The summed E-state index contributed by atoms with van der Waals surface area (Å²) in [5, 5.41) is 0. The van der Waals surface area contributed by atoms with Crippen LogP contribution < -0.4 is 0 Å². The third kappa shape index (κ3) is 6.52. The van der Waals surface area contributed by atoms with Gasteiger partial charge in [0.25, 0.3) is 0 Å². The summed E-state index contributed by atoms with van der Waals surface area (Å²) in [6.45, 7) is 5.23. The molecule has 0 heterocycles. The number of hydrogen-bond donors (Lipinski definition) is 0. The van der Waals surface area contributed by atoms with Gasteiger partial charge in [-0.15, -0.1) is 0 Å². The quantitative estimate of drug-likeness (QED) is 0.342. The maximum Gasteiger partial charge on any atom is 0.324 e. The Morgan fingerprint density at radius 3 is 2.11 bits per heavy atom. The molecule has 4 nitrogen and oxygen atoms in total. The summed E-state index contributed by atoms with van der Waals surface area (Å²) in [6.07, 6.45) is 5.38. The van der Waals surface area contributed by atoms with E-state index in [4.69, 9.17) is 4.74 Å². The highest BCUT2D eigenvalue weighted by Gasteiger charge is 2.31. The minimum atomic E-state index is -1.21. The fourth-order valence-corrected chi connectivity index (χ4v) is 1.80. The Labute approximate surface area is 109 Å². The second-order valence-electron chi connectivity index (χ2n) is 4.43. The lowest BCUT2D eigenvalue weighted by Gasteiger charge is -2.11. The zero-order valence-corrected chi connectivity index (χ0v) is 11.7. The van der Waals surface area contributed by atoms with Crippen LogP contribution in [0.5, 0.6) is 0 Å². The van der Waals surface area contributed by atoms with Crippen LogP contribution in [0.3, 0.4) is 0 Å². The third-order valence-corrected chi connectivity index (χ3v) is 2.78. The number of hydrogen-bond acceptors (Lipinski definition) is 4. The van der Waals surface area contributed by atoms with Crippen molar-refractivity contribution in [1.29, 1.82) is 0 Å². The minimum absolute atomic E-state index is 0.187. The molecule has 0 spiro atoms. The van der Waals surface area contributed by atoms with Crippen molar-refractivity contribution in [2.24, 2.45) is 5.92 Å². The standard InChI is InChI=1S/C14H24O4/c1-4-6-7-8-9-10-12(16)13(11(3)15)14(17)18-5-2/h13H,4-10H2,1-3H3. The van der Waals surface area contributed by atoms with E-state index in [1.54, 1.807) is 6.92 Å². The lowest BCUT2D eigenvalue weighted by Crippen LogP contribution is -2.32. The number of rotatable bonds is 10. The average molecular weight is 256 g/mol. The normalized spacial score (nSPS) is 11.9. The van der Waals surface area contributed by atoms with Gasteiger partial charge in [-0.25, -0.2) is 0 Å². The first-order valence-electron chi connectivity index (χ1n) is 6.74. The molecule has 0 fully saturated rings. The van der Waals surface area contributed by atoms with Crippen molar-refractivity contribution < 1.29 is 19.1 Å². The van der Waals surface area contributed by atoms with Crippen LogP contribution in [0.15, 0.2) is 0 Å². The molecule has 0 aromatic rings. The highest BCUT2D eigenvalue weighted by atomic mass is 16.5. The molecule has 18 heavy (non-hydrogen) atoms. The van der Waals surface area contributed by atoms with E-state index in [1.807, 2.05) is 0 Å². The number of carbonyl (C=O) groups is 3. The van der Waals surface area contributed by atoms with Gasteiger partial charge in [-0.2, -0.15) is 0 Å². The molecular weight excluding hydrogens is 232 g/mol. The van der Waals surface area contributed by atoms with Crippen molar-refractivity contribution in [2.45, 2.75) is 59.3 Å². The SMILES string of the molecule is CCCCCCCC(=O)C(C(C)=O)C(=O)OCC. The molecule has 0 amide bonds. The van der Waals surface area contributed by atoms with Gasteiger partial charge in [0.05, 0.1) is 6.61 Å². The molecule has 104 valence electrons. The van der Waals surface area contributed by atoms with Crippen LogP contribution in [0.2, 0.25) is 0 Å². The maximum atomic E-state index is 11.8. The van der Waals surface area contributed by atoms with Crippen LogP contribution in [-0.2, 0) is 19.1 Å². The van der Waals surface area contributed by atoms with Gasteiger partial charge >= 0.3 is 5.97 Å². The molecule has 0 aromatic heterocycles. The van der Waals surface area contributed by atoms with Gasteiger partial charge in [0.2, 0.25) is 0 Å². The van der Waals surface area contributed by atoms with Crippen molar-refractivity contribution in [1.82, 2.24) is 0 Å². The molecule has 0 saturated carbocycles. The van der Waals surface area contributed by atoms with Crippen LogP contribution >= 0.6 is 0 Å². The number of carbonyl (C=O) groups excluding carboxylic acids is 3. The van der Waals surface area contributed by atoms with Crippen molar-refractivity contribution >= 4 is 17.5 Å². The van der Waals surface area contributed by atoms with E-state index in [1.165, 1.54) is 6.92 Å². The highest BCUT2D eigenvalue weighted by Crippen LogP contribution is 2.12. The number of ether oxygens (including phenoxy) is 1. The van der Waals surface area contributed by atoms with Gasteiger partial charge in [0.15, 0.2) is 17.5 Å². The van der Waals surface area contributed by atoms with Gasteiger partial charge in [-0.1, -0.05) is 32.6 Å². The lowest BCUT2D eigenvalue weighted by molar-refractivity contribution is -0.154. The summed E-state index contributed by atoms with van der Waals surface area (Å²) in [5.41, 5.74) is 0. The monoisotopic (exact) mass is 256 g/mol. The fourth-order valence-electron chi connectivity index (χ4n) is 1.80. The molecule has 0 saturated heterocycles. The number of ketones is 2. The number of esters is 1. The summed E-state index contributed by atoms with van der Waals surface area (Å²) in [6, 6.07) is 0. The van der Waals surface area contributed by atoms with Crippen molar-refractivity contribution in [3.63, 3.8) is 0 Å². The van der Waals surface area contributed by atoms with Crippen LogP contribution in [0.25, 0.3) is 0 Å². The summed E-state index contributed by atoms with van der Waals surface area (Å²) >= 11 is 0. The van der Waals surface area contributed by atoms with Gasteiger partial charge in [0.1, 0.15) is 0 Å². The molecule has 0 aliphatic carbocycles. The first kappa shape index (κ1) is 16.8. The first-order chi connectivity index (χ1) is 8.54. The van der Waals surface area contributed by atoms with Crippen LogP contribution in [0.1, 0.15) is 59.3 Å². The second kappa shape index (κ2) is 9.80. The van der Waals surface area contributed by atoms with E-state index in [9.17, 15) is 14.4 Å². The number of unbranched alkanes of at least 4 members (excludes halogenated alkanes) is 4. The van der Waals surface area contributed by atoms with Crippen molar-refractivity contribution in [2.75, 3.05) is 6.61 Å². The minimum Gasteiger partial charge on any atom is -0.465 e. The van der Waals surface area contributed by atoms with Crippen LogP contribution in [0, 0.1) is 5.92 Å². The molecule has 1 atom stereocenters. The Morgan fingerprint density at radius 2 is 1.61 bits per heavy atom. The van der Waals surface area contributed by atoms with E-state index in [0.717, 1.165) is 32.1 Å². The average Bonchev–Trinajstić information content (AvgIpc) is 2.28. The molecule has 1 unspecified atom stereocenters. The zero-order valence-electron chi connectivity index (χ0n) is 11.7. The van der Waals surface area contributed by atoms with Gasteiger partial charge in [-0.3, -0.25) is 14.4 Å². The molecule has 0 N–H and O–H groups in total. The van der Waals surface area contributed by atoms with E-state index in [0.29, 0.717) is 0 Å². The Morgan fingerprint density at radius 1 is 1.00 bits per heavy atom. The lowest BCUT2D eigenvalue weighted by atomic mass is 9.95. The molecule has 0 bridgehead atoms. The molecule has 0 aromatic carbocycles. The smallest absolute Gasteiger partial charge is 0.324 e. The Hall–Kier alpha value is -1.19. The van der Waals surface area contributed by atoms with E-state index < -0.39 is 17.7 Å². The van der Waals surface area contributed by atoms with E-state index >= 15 is 0 Å². The van der Waals surface area contributed by atoms with Crippen LogP contribution in [-0.4, -0.2) is 24.1 Å². The third-order valence-electron chi connectivity index (χ3n) is 2.78. The Balaban J connectivity index is 4.15. The molecule has 0 rings (SSSR count). The van der Waals surface area contributed by atoms with Crippen molar-refractivity contribution in [3.8, 4) is 0 Å². The predicted molar refractivity (Wildman–Crippen MR) is 69.2 cm³/mol. The molecule has 0 aliphatic heterocycles. The summed E-state index contributed by atoms with van der Waals surface area (Å²) in [7, 11) is 0. The highest BCUT2D eigenvalue weighted by molar-refractivity contribution is 6.16. The van der Waals surface area contributed by atoms with Crippen LogP contribution in [0.4, 0.5) is 0 Å². The van der Waals surface area contributed by atoms with E-state index in [-0.39, 0.29) is 18.8 Å². The molecular formula is C14H24O4.